The molecular weight excluding hydrogens is 348 g/mol. The average molecular weight is 382 g/mol. The predicted octanol–water partition coefficient (Wildman–Crippen LogP) is 4.62. The van der Waals surface area contributed by atoms with Gasteiger partial charge in [-0.05, 0) is 26.2 Å². The van der Waals surface area contributed by atoms with Crippen LogP contribution in [0.4, 0.5) is 0 Å². The molecule has 1 fully saturated rings. The number of hydrogen-bond donors (Lipinski definition) is 1. The first-order valence-electron chi connectivity index (χ1n) is 10.2. The molecule has 2 unspecified atom stereocenters. The number of carbonyl (C=O) groups excluding carboxylic acids is 2. The number of carboxylic acid groups (broad SMARTS) is 1. The van der Waals surface area contributed by atoms with Crippen LogP contribution in [0.1, 0.15) is 84.0 Å². The van der Waals surface area contributed by atoms with Crippen molar-refractivity contribution in [1.29, 1.82) is 0 Å². The summed E-state index contributed by atoms with van der Waals surface area (Å²) in [7, 11) is 0. The van der Waals surface area contributed by atoms with Gasteiger partial charge in [-0.15, -0.1) is 0 Å². The molecule has 27 heavy (non-hydrogen) atoms. The third kappa shape index (κ3) is 10.8. The van der Waals surface area contributed by atoms with Crippen molar-refractivity contribution in [2.45, 2.75) is 84.0 Å². The topological polar surface area (TPSA) is 89.9 Å². The Hall–Kier alpha value is -1.85. The summed E-state index contributed by atoms with van der Waals surface area (Å²) >= 11 is 0. The molecule has 0 aromatic heterocycles. The van der Waals surface area contributed by atoms with Gasteiger partial charge in [0, 0.05) is 0 Å². The molecule has 6 nitrogen and oxygen atoms in total. The van der Waals surface area contributed by atoms with Gasteiger partial charge in [-0.1, -0.05) is 57.9 Å². The summed E-state index contributed by atoms with van der Waals surface area (Å²) in [6, 6.07) is 0. The second-order valence-electron chi connectivity index (χ2n) is 7.47. The fourth-order valence-electron chi connectivity index (χ4n) is 3.46. The predicted molar refractivity (Wildman–Crippen MR) is 102 cm³/mol. The molecule has 154 valence electrons. The van der Waals surface area contributed by atoms with Crippen molar-refractivity contribution < 1.29 is 29.0 Å². The lowest BCUT2D eigenvalue weighted by Gasteiger charge is -2.20. The van der Waals surface area contributed by atoms with Crippen molar-refractivity contribution in [2.75, 3.05) is 6.61 Å². The highest BCUT2D eigenvalue weighted by Gasteiger charge is 2.28. The summed E-state index contributed by atoms with van der Waals surface area (Å²) in [6.07, 6.45) is 10.1. The van der Waals surface area contributed by atoms with Gasteiger partial charge in [0.2, 0.25) is 0 Å². The van der Waals surface area contributed by atoms with Crippen molar-refractivity contribution in [3.8, 4) is 0 Å². The van der Waals surface area contributed by atoms with Gasteiger partial charge < -0.3 is 14.6 Å². The van der Waals surface area contributed by atoms with E-state index < -0.39 is 29.7 Å². The Kier molecular flexibility index (Phi) is 11.5. The summed E-state index contributed by atoms with van der Waals surface area (Å²) in [4.78, 5) is 35.5. The smallest absolute Gasteiger partial charge is 0.314 e. The van der Waals surface area contributed by atoms with E-state index in [4.69, 9.17) is 9.47 Å². The third-order valence-corrected chi connectivity index (χ3v) is 4.95. The Bertz CT molecular complexity index is 499. The van der Waals surface area contributed by atoms with E-state index in [0.717, 1.165) is 38.5 Å². The van der Waals surface area contributed by atoms with E-state index in [1.54, 1.807) is 6.92 Å². The molecule has 1 aliphatic rings. The van der Waals surface area contributed by atoms with E-state index >= 15 is 0 Å². The van der Waals surface area contributed by atoms with Crippen molar-refractivity contribution in [3.05, 3.63) is 12.3 Å². The first-order valence-corrected chi connectivity index (χ1v) is 10.2. The lowest BCUT2D eigenvalue weighted by molar-refractivity contribution is -0.152. The normalized spacial score (nSPS) is 22.4. The Morgan fingerprint density at radius 1 is 0.926 bits per heavy atom. The van der Waals surface area contributed by atoms with Crippen LogP contribution >= 0.6 is 0 Å². The maximum atomic E-state index is 12.5. The number of aliphatic carboxylic acids is 1. The van der Waals surface area contributed by atoms with Crippen LogP contribution in [0.5, 0.6) is 0 Å². The van der Waals surface area contributed by atoms with E-state index in [9.17, 15) is 19.5 Å². The molecule has 2 atom stereocenters. The van der Waals surface area contributed by atoms with Crippen molar-refractivity contribution in [1.82, 2.24) is 0 Å². The molecule has 0 radical (unpaired) electrons. The molecule has 6 heteroatoms. The summed E-state index contributed by atoms with van der Waals surface area (Å²) in [6.45, 7) is 5.00. The number of hydrogen-bond acceptors (Lipinski definition) is 5. The van der Waals surface area contributed by atoms with Gasteiger partial charge in [-0.3, -0.25) is 14.4 Å². The molecule has 1 N–H and O–H groups in total. The van der Waals surface area contributed by atoms with Crippen LogP contribution in [0.15, 0.2) is 12.3 Å². The number of carboxylic acids is 1. The summed E-state index contributed by atoms with van der Waals surface area (Å²) in [5.74, 6) is -2.38. The van der Waals surface area contributed by atoms with E-state index in [0.29, 0.717) is 25.0 Å². The monoisotopic (exact) mass is 382 g/mol. The van der Waals surface area contributed by atoms with E-state index in [1.165, 1.54) is 12.8 Å². The molecule has 0 aromatic rings. The van der Waals surface area contributed by atoms with Crippen LogP contribution in [0, 0.1) is 11.8 Å². The number of rotatable bonds is 6. The van der Waals surface area contributed by atoms with Crippen LogP contribution in [0.2, 0.25) is 0 Å². The summed E-state index contributed by atoms with van der Waals surface area (Å²) in [5, 5.41) is 9.51. The Labute approximate surface area is 162 Å². The lowest BCUT2D eigenvalue weighted by atomic mass is 9.87. The largest absolute Gasteiger partial charge is 0.481 e. The van der Waals surface area contributed by atoms with Crippen molar-refractivity contribution >= 4 is 17.9 Å². The standard InChI is InChI=1S/C21H34O6/c1-16(2)27-19(22)13-14-26-21(25)18-12-10-8-6-4-3-5-7-9-11-17(15-18)20(23)24/h17-18H,1,3-15H2,2H3,(H,23,24). The van der Waals surface area contributed by atoms with Gasteiger partial charge in [-0.25, -0.2) is 0 Å². The number of carbonyl (C=O) groups is 3. The summed E-state index contributed by atoms with van der Waals surface area (Å²) in [5.41, 5.74) is 0. The second-order valence-corrected chi connectivity index (χ2v) is 7.47. The van der Waals surface area contributed by atoms with E-state index in [2.05, 4.69) is 6.58 Å². The molecule has 0 amide bonds. The van der Waals surface area contributed by atoms with Gasteiger partial charge in [-0.2, -0.15) is 0 Å². The van der Waals surface area contributed by atoms with Crippen LogP contribution in [-0.2, 0) is 23.9 Å². The average Bonchev–Trinajstić information content (AvgIpc) is 2.61. The first-order chi connectivity index (χ1) is 12.9. The minimum Gasteiger partial charge on any atom is -0.481 e. The highest BCUT2D eigenvalue weighted by Crippen LogP contribution is 2.26. The van der Waals surface area contributed by atoms with Gasteiger partial charge in [0.25, 0.3) is 0 Å². The quantitative estimate of drug-likeness (QED) is 0.532. The molecule has 0 saturated heterocycles. The molecule has 0 bridgehead atoms. The summed E-state index contributed by atoms with van der Waals surface area (Å²) < 4.78 is 10.1. The van der Waals surface area contributed by atoms with Crippen LogP contribution in [0.25, 0.3) is 0 Å². The molecule has 1 aliphatic carbocycles. The number of esters is 2. The Balaban J connectivity index is 2.59. The maximum absolute atomic E-state index is 12.5. The highest BCUT2D eigenvalue weighted by atomic mass is 16.6. The second kappa shape index (κ2) is 13.3. The third-order valence-electron chi connectivity index (χ3n) is 4.95. The highest BCUT2D eigenvalue weighted by molar-refractivity contribution is 5.75. The zero-order valence-corrected chi connectivity index (χ0v) is 16.5. The molecule has 0 heterocycles. The Morgan fingerprint density at radius 2 is 1.44 bits per heavy atom. The van der Waals surface area contributed by atoms with Crippen LogP contribution < -0.4 is 0 Å². The van der Waals surface area contributed by atoms with Crippen molar-refractivity contribution in [2.24, 2.45) is 11.8 Å². The molecule has 1 saturated carbocycles. The van der Waals surface area contributed by atoms with Gasteiger partial charge >= 0.3 is 17.9 Å². The fourth-order valence-corrected chi connectivity index (χ4v) is 3.46. The first kappa shape index (κ1) is 23.2. The SMILES string of the molecule is C=C(C)OC(=O)CCOC(=O)C1CCCCCCCCCCC(C(=O)O)C1. The minimum absolute atomic E-state index is 0.0340. The molecular formula is C21H34O6. The molecule has 0 spiro atoms. The fraction of sp³-hybridized carbons (Fsp3) is 0.762. The number of ether oxygens (including phenoxy) is 2. The van der Waals surface area contributed by atoms with Crippen LogP contribution in [-0.4, -0.2) is 29.6 Å². The number of allylic oxidation sites excluding steroid dienone is 1. The van der Waals surface area contributed by atoms with Crippen LogP contribution in [0.3, 0.4) is 0 Å². The van der Waals surface area contributed by atoms with Gasteiger partial charge in [0.1, 0.15) is 6.61 Å². The molecule has 0 aromatic carbocycles. The van der Waals surface area contributed by atoms with Gasteiger partial charge in [0.15, 0.2) is 0 Å². The van der Waals surface area contributed by atoms with E-state index in [-0.39, 0.29) is 13.0 Å². The maximum Gasteiger partial charge on any atom is 0.314 e. The lowest BCUT2D eigenvalue weighted by Crippen LogP contribution is -2.25. The minimum atomic E-state index is -0.840. The zero-order valence-electron chi connectivity index (χ0n) is 16.5. The van der Waals surface area contributed by atoms with Crippen molar-refractivity contribution in [3.63, 3.8) is 0 Å². The van der Waals surface area contributed by atoms with E-state index in [1.807, 2.05) is 0 Å². The molecule has 1 rings (SSSR count). The zero-order chi connectivity index (χ0) is 20.1. The van der Waals surface area contributed by atoms with Gasteiger partial charge in [0.05, 0.1) is 24.0 Å². The molecule has 0 aliphatic heterocycles. The Morgan fingerprint density at radius 3 is 1.96 bits per heavy atom.